The Balaban J connectivity index is 1.45. The fourth-order valence-corrected chi connectivity index (χ4v) is 3.47. The third-order valence-electron chi connectivity index (χ3n) is 4.90. The monoisotopic (exact) mass is 349 g/mol. The van der Waals surface area contributed by atoms with Crippen LogP contribution in [0.2, 0.25) is 0 Å². The smallest absolute Gasteiger partial charge is 0.257 e. The highest BCUT2D eigenvalue weighted by Crippen LogP contribution is 2.34. The van der Waals surface area contributed by atoms with Gasteiger partial charge >= 0.3 is 0 Å². The molecule has 1 saturated heterocycles. The summed E-state index contributed by atoms with van der Waals surface area (Å²) in [4.78, 5) is 12.2. The number of anilines is 3. The van der Waals surface area contributed by atoms with E-state index in [2.05, 4.69) is 28.1 Å². The Morgan fingerprint density at radius 1 is 1.08 bits per heavy atom. The van der Waals surface area contributed by atoms with Crippen molar-refractivity contribution in [3.8, 4) is 0 Å². The average Bonchev–Trinajstić information content (AvgIpc) is 2.98. The molecule has 26 heavy (non-hydrogen) atoms. The lowest BCUT2D eigenvalue weighted by atomic mass is 10.0. The lowest BCUT2D eigenvalue weighted by molar-refractivity contribution is -0.110. The van der Waals surface area contributed by atoms with Crippen molar-refractivity contribution < 1.29 is 9.53 Å². The zero-order chi connectivity index (χ0) is 17.9. The first kappa shape index (κ1) is 16.7. The standard InChI is InChI=1S/C21H23N3O2/c1-14-3-2-4-19-20(14)18(21(25)24-19)13-22-15-5-7-16(8-6-15)23-17-9-11-26-12-10-17/h2-8,13,17,22-23H,9-12H2,1H3,(H,24,25). The molecule has 0 unspecified atom stereocenters. The fraction of sp³-hybridized carbons (Fsp3) is 0.286. The Labute approximate surface area is 153 Å². The Bertz CT molecular complexity index is 837. The maximum Gasteiger partial charge on any atom is 0.257 e. The summed E-state index contributed by atoms with van der Waals surface area (Å²) in [5.74, 6) is -0.0698. The maximum atomic E-state index is 12.2. The second-order valence-electron chi connectivity index (χ2n) is 6.76. The van der Waals surface area contributed by atoms with E-state index in [4.69, 9.17) is 4.74 Å². The molecule has 3 N–H and O–H groups in total. The van der Waals surface area contributed by atoms with Crippen LogP contribution in [0.1, 0.15) is 24.0 Å². The Morgan fingerprint density at radius 2 is 1.81 bits per heavy atom. The molecule has 2 aromatic carbocycles. The minimum atomic E-state index is -0.0698. The summed E-state index contributed by atoms with van der Waals surface area (Å²) < 4.78 is 5.39. The first-order chi connectivity index (χ1) is 12.7. The van der Waals surface area contributed by atoms with Gasteiger partial charge in [-0.1, -0.05) is 12.1 Å². The number of carbonyl (C=O) groups excluding carboxylic acids is 1. The lowest BCUT2D eigenvalue weighted by Gasteiger charge is -2.24. The molecular weight excluding hydrogens is 326 g/mol. The van der Waals surface area contributed by atoms with Gasteiger partial charge in [-0.25, -0.2) is 0 Å². The third kappa shape index (κ3) is 3.44. The lowest BCUT2D eigenvalue weighted by Crippen LogP contribution is -2.27. The number of nitrogens with one attached hydrogen (secondary N) is 3. The van der Waals surface area contributed by atoms with Crippen molar-refractivity contribution in [2.75, 3.05) is 29.2 Å². The van der Waals surface area contributed by atoms with Crippen LogP contribution in [-0.4, -0.2) is 25.2 Å². The highest BCUT2D eigenvalue weighted by molar-refractivity contribution is 6.32. The normalized spacial score (nSPS) is 18.5. The van der Waals surface area contributed by atoms with Crippen molar-refractivity contribution in [2.45, 2.75) is 25.8 Å². The number of aryl methyl sites for hydroxylation is 1. The predicted molar refractivity (Wildman–Crippen MR) is 105 cm³/mol. The molecule has 0 radical (unpaired) electrons. The quantitative estimate of drug-likeness (QED) is 0.731. The van der Waals surface area contributed by atoms with Crippen molar-refractivity contribution in [3.63, 3.8) is 0 Å². The molecule has 0 bridgehead atoms. The molecule has 0 atom stereocenters. The van der Waals surface area contributed by atoms with Gasteiger partial charge in [-0.15, -0.1) is 0 Å². The van der Waals surface area contributed by atoms with Gasteiger partial charge in [0.1, 0.15) is 0 Å². The first-order valence-corrected chi connectivity index (χ1v) is 9.03. The summed E-state index contributed by atoms with van der Waals surface area (Å²) in [6.07, 6.45) is 3.87. The van der Waals surface area contributed by atoms with E-state index in [9.17, 15) is 4.79 Å². The number of fused-ring (bicyclic) bond motifs is 1. The topological polar surface area (TPSA) is 62.4 Å². The van der Waals surface area contributed by atoms with Crippen LogP contribution in [0.3, 0.4) is 0 Å². The molecule has 134 valence electrons. The summed E-state index contributed by atoms with van der Waals surface area (Å²) in [5.41, 5.74) is 5.66. The number of rotatable bonds is 4. The molecule has 2 aliphatic rings. The van der Waals surface area contributed by atoms with Crippen molar-refractivity contribution in [1.82, 2.24) is 0 Å². The van der Waals surface area contributed by atoms with Crippen molar-refractivity contribution in [3.05, 3.63) is 59.8 Å². The van der Waals surface area contributed by atoms with E-state index in [0.29, 0.717) is 11.6 Å². The largest absolute Gasteiger partial charge is 0.382 e. The number of amides is 1. The van der Waals surface area contributed by atoms with E-state index < -0.39 is 0 Å². The van der Waals surface area contributed by atoms with Crippen LogP contribution >= 0.6 is 0 Å². The van der Waals surface area contributed by atoms with E-state index in [1.54, 1.807) is 6.20 Å². The van der Waals surface area contributed by atoms with Gasteiger partial charge < -0.3 is 20.7 Å². The minimum absolute atomic E-state index is 0.0698. The molecule has 0 aromatic heterocycles. The van der Waals surface area contributed by atoms with E-state index in [-0.39, 0.29) is 5.91 Å². The van der Waals surface area contributed by atoms with E-state index in [0.717, 1.165) is 54.2 Å². The Hall–Kier alpha value is -2.79. The van der Waals surface area contributed by atoms with Gasteiger partial charge in [-0.3, -0.25) is 4.79 Å². The van der Waals surface area contributed by atoms with Gasteiger partial charge in [-0.2, -0.15) is 0 Å². The first-order valence-electron chi connectivity index (χ1n) is 9.03. The second-order valence-corrected chi connectivity index (χ2v) is 6.76. The molecule has 2 aromatic rings. The minimum Gasteiger partial charge on any atom is -0.382 e. The summed E-state index contributed by atoms with van der Waals surface area (Å²) in [5, 5.41) is 9.70. The van der Waals surface area contributed by atoms with Crippen LogP contribution in [0.4, 0.5) is 17.1 Å². The number of benzene rings is 2. The molecule has 1 amide bonds. The number of carbonyl (C=O) groups is 1. The molecule has 0 spiro atoms. The highest BCUT2D eigenvalue weighted by atomic mass is 16.5. The van der Waals surface area contributed by atoms with Crippen LogP contribution in [0.25, 0.3) is 5.57 Å². The van der Waals surface area contributed by atoms with Crippen molar-refractivity contribution >= 4 is 28.5 Å². The molecule has 0 aliphatic carbocycles. The third-order valence-corrected chi connectivity index (χ3v) is 4.90. The Kier molecular flexibility index (Phi) is 4.63. The molecule has 0 saturated carbocycles. The summed E-state index contributed by atoms with van der Waals surface area (Å²) in [7, 11) is 0. The van der Waals surface area contributed by atoms with Gasteiger partial charge in [0.2, 0.25) is 0 Å². The average molecular weight is 349 g/mol. The second kappa shape index (κ2) is 7.22. The molecule has 2 aliphatic heterocycles. The van der Waals surface area contributed by atoms with Gasteiger partial charge in [0.25, 0.3) is 5.91 Å². The molecule has 2 heterocycles. The van der Waals surface area contributed by atoms with Crippen molar-refractivity contribution in [2.24, 2.45) is 0 Å². The molecule has 5 nitrogen and oxygen atoms in total. The predicted octanol–water partition coefficient (Wildman–Crippen LogP) is 3.99. The summed E-state index contributed by atoms with van der Waals surface area (Å²) in [6.45, 7) is 3.67. The molecule has 4 rings (SSSR count). The van der Waals surface area contributed by atoms with E-state index in [1.165, 1.54) is 0 Å². The Morgan fingerprint density at radius 3 is 2.58 bits per heavy atom. The van der Waals surface area contributed by atoms with Crippen LogP contribution in [0.15, 0.2) is 48.7 Å². The molecule has 1 fully saturated rings. The van der Waals surface area contributed by atoms with Gasteiger partial charge in [-0.05, 0) is 55.7 Å². The molecular formula is C21H23N3O2. The maximum absolute atomic E-state index is 12.2. The highest BCUT2D eigenvalue weighted by Gasteiger charge is 2.25. The van der Waals surface area contributed by atoms with Crippen LogP contribution in [0, 0.1) is 6.92 Å². The zero-order valence-electron chi connectivity index (χ0n) is 14.8. The van der Waals surface area contributed by atoms with Gasteiger partial charge in [0.05, 0.1) is 5.57 Å². The number of hydrogen-bond acceptors (Lipinski definition) is 4. The van der Waals surface area contributed by atoms with Crippen LogP contribution < -0.4 is 16.0 Å². The fourth-order valence-electron chi connectivity index (χ4n) is 3.47. The van der Waals surface area contributed by atoms with Gasteiger partial charge in [0.15, 0.2) is 0 Å². The van der Waals surface area contributed by atoms with Crippen LogP contribution in [-0.2, 0) is 9.53 Å². The summed E-state index contributed by atoms with van der Waals surface area (Å²) in [6, 6.07) is 14.5. The van der Waals surface area contributed by atoms with E-state index in [1.807, 2.05) is 37.3 Å². The van der Waals surface area contributed by atoms with Crippen LogP contribution in [0.5, 0.6) is 0 Å². The SMILES string of the molecule is Cc1cccc2c1C(=CNc1ccc(NC3CCOCC3)cc1)C(=O)N2. The zero-order valence-corrected chi connectivity index (χ0v) is 14.8. The van der Waals surface area contributed by atoms with Gasteiger partial charge in [0, 0.05) is 48.1 Å². The number of ether oxygens (including phenoxy) is 1. The summed E-state index contributed by atoms with van der Waals surface area (Å²) >= 11 is 0. The number of hydrogen-bond donors (Lipinski definition) is 3. The molecule has 5 heteroatoms. The van der Waals surface area contributed by atoms with E-state index >= 15 is 0 Å². The van der Waals surface area contributed by atoms with Crippen molar-refractivity contribution in [1.29, 1.82) is 0 Å².